The van der Waals surface area contributed by atoms with E-state index in [1.165, 1.54) is 12.5 Å². The normalized spacial score (nSPS) is 11.7. The highest BCUT2D eigenvalue weighted by atomic mass is 32.2. The Morgan fingerprint density at radius 2 is 2.20 bits per heavy atom. The number of aromatic nitrogens is 3. The van der Waals surface area contributed by atoms with Gasteiger partial charge in [0.1, 0.15) is 23.1 Å². The number of nitriles is 1. The van der Waals surface area contributed by atoms with Gasteiger partial charge in [-0.2, -0.15) is 5.26 Å². The highest BCUT2D eigenvalue weighted by molar-refractivity contribution is 7.84. The van der Waals surface area contributed by atoms with Crippen molar-refractivity contribution in [1.82, 2.24) is 15.0 Å². The number of aliphatic hydroxyl groups is 1. The lowest BCUT2D eigenvalue weighted by Crippen LogP contribution is -2.08. The fraction of sp³-hybridized carbons (Fsp3) is 0.125. The highest BCUT2D eigenvalue weighted by Gasteiger charge is 2.20. The summed E-state index contributed by atoms with van der Waals surface area (Å²) in [6.45, 7) is -0.218. The molecule has 0 bridgehead atoms. The van der Waals surface area contributed by atoms with Gasteiger partial charge in [-0.3, -0.25) is 4.21 Å². The van der Waals surface area contributed by atoms with Gasteiger partial charge in [0, 0.05) is 18.0 Å². The predicted octanol–water partition coefficient (Wildman–Crippen LogP) is 1.98. The zero-order valence-electron chi connectivity index (χ0n) is 13.1. The molecule has 0 amide bonds. The monoisotopic (exact) mass is 355 g/mol. The van der Waals surface area contributed by atoms with E-state index in [0.717, 1.165) is 0 Å². The van der Waals surface area contributed by atoms with E-state index in [4.69, 9.17) is 4.42 Å². The fourth-order valence-corrected chi connectivity index (χ4v) is 2.83. The van der Waals surface area contributed by atoms with Gasteiger partial charge >= 0.3 is 0 Å². The molecule has 126 valence electrons. The highest BCUT2D eigenvalue weighted by Crippen LogP contribution is 2.27. The standard InChI is InChI=1S/C16H13N5O3S/c1-25(23)15-11(8-17)13(12-5-3-7-24-12)19-16(21-15)20-14-10(9-22)4-2-6-18-14/h2-7,22H,9H2,1H3,(H,18,19,20,21). The average molecular weight is 355 g/mol. The van der Waals surface area contributed by atoms with Crippen LogP contribution in [0.15, 0.2) is 46.2 Å². The van der Waals surface area contributed by atoms with Crippen LogP contribution in [-0.4, -0.2) is 30.5 Å². The summed E-state index contributed by atoms with van der Waals surface area (Å²) in [6.07, 6.45) is 4.44. The summed E-state index contributed by atoms with van der Waals surface area (Å²) in [5.41, 5.74) is 0.871. The Bertz CT molecular complexity index is 966. The summed E-state index contributed by atoms with van der Waals surface area (Å²) in [5, 5.41) is 21.8. The Kier molecular flexibility index (Phi) is 4.83. The average Bonchev–Trinajstić information content (AvgIpc) is 3.16. The Labute approximate surface area is 145 Å². The van der Waals surface area contributed by atoms with Crippen LogP contribution in [0.1, 0.15) is 11.1 Å². The molecule has 3 heterocycles. The lowest BCUT2D eigenvalue weighted by Gasteiger charge is -2.11. The zero-order valence-corrected chi connectivity index (χ0v) is 13.9. The van der Waals surface area contributed by atoms with Crippen molar-refractivity contribution in [3.63, 3.8) is 0 Å². The lowest BCUT2D eigenvalue weighted by atomic mass is 10.2. The molecule has 25 heavy (non-hydrogen) atoms. The van der Waals surface area contributed by atoms with Crippen LogP contribution in [0.3, 0.4) is 0 Å². The van der Waals surface area contributed by atoms with Gasteiger partial charge in [-0.1, -0.05) is 6.07 Å². The summed E-state index contributed by atoms with van der Waals surface area (Å²) in [6, 6.07) is 8.69. The number of nitrogens with one attached hydrogen (secondary N) is 1. The molecule has 0 saturated carbocycles. The minimum Gasteiger partial charge on any atom is -0.463 e. The van der Waals surface area contributed by atoms with E-state index in [1.807, 2.05) is 6.07 Å². The lowest BCUT2D eigenvalue weighted by molar-refractivity contribution is 0.282. The van der Waals surface area contributed by atoms with Crippen LogP contribution >= 0.6 is 0 Å². The fourth-order valence-electron chi connectivity index (χ4n) is 2.18. The van der Waals surface area contributed by atoms with E-state index in [-0.39, 0.29) is 28.8 Å². The SMILES string of the molecule is CS(=O)c1nc(Nc2ncccc2CO)nc(-c2ccco2)c1C#N. The van der Waals surface area contributed by atoms with E-state index in [9.17, 15) is 14.6 Å². The van der Waals surface area contributed by atoms with Gasteiger partial charge in [0.2, 0.25) is 5.95 Å². The second kappa shape index (κ2) is 7.21. The van der Waals surface area contributed by atoms with E-state index in [1.54, 1.807) is 30.5 Å². The molecule has 0 aliphatic rings. The number of anilines is 2. The summed E-state index contributed by atoms with van der Waals surface area (Å²) >= 11 is 0. The second-order valence-electron chi connectivity index (χ2n) is 4.91. The van der Waals surface area contributed by atoms with Crippen LogP contribution < -0.4 is 5.32 Å². The minimum atomic E-state index is -1.51. The number of aliphatic hydroxyl groups excluding tert-OH is 1. The Morgan fingerprint density at radius 3 is 2.84 bits per heavy atom. The van der Waals surface area contributed by atoms with Gasteiger partial charge in [0.25, 0.3) is 0 Å². The molecule has 0 saturated heterocycles. The first-order valence-electron chi connectivity index (χ1n) is 7.15. The molecule has 9 heteroatoms. The van der Waals surface area contributed by atoms with Crippen molar-refractivity contribution in [2.24, 2.45) is 0 Å². The van der Waals surface area contributed by atoms with E-state index in [2.05, 4.69) is 20.3 Å². The first-order chi connectivity index (χ1) is 12.1. The Balaban J connectivity index is 2.15. The molecule has 0 spiro atoms. The largest absolute Gasteiger partial charge is 0.463 e. The van der Waals surface area contributed by atoms with Crippen LogP contribution in [0.4, 0.5) is 11.8 Å². The van der Waals surface area contributed by atoms with Crippen molar-refractivity contribution in [3.05, 3.63) is 47.9 Å². The number of hydrogen-bond donors (Lipinski definition) is 2. The number of rotatable bonds is 5. The smallest absolute Gasteiger partial charge is 0.230 e. The molecular weight excluding hydrogens is 342 g/mol. The van der Waals surface area contributed by atoms with Gasteiger partial charge in [-0.05, 0) is 18.2 Å². The third-order valence-electron chi connectivity index (χ3n) is 3.31. The maximum Gasteiger partial charge on any atom is 0.230 e. The van der Waals surface area contributed by atoms with Crippen LogP contribution in [0.5, 0.6) is 0 Å². The molecule has 0 aliphatic heterocycles. The van der Waals surface area contributed by atoms with E-state index >= 15 is 0 Å². The van der Waals surface area contributed by atoms with E-state index < -0.39 is 10.8 Å². The van der Waals surface area contributed by atoms with Crippen molar-refractivity contribution in [2.75, 3.05) is 11.6 Å². The summed E-state index contributed by atoms with van der Waals surface area (Å²) in [7, 11) is -1.51. The molecule has 1 unspecified atom stereocenters. The van der Waals surface area contributed by atoms with Crippen LogP contribution in [0, 0.1) is 11.3 Å². The molecule has 8 nitrogen and oxygen atoms in total. The maximum absolute atomic E-state index is 12.0. The van der Waals surface area contributed by atoms with Gasteiger partial charge in [-0.25, -0.2) is 15.0 Å². The van der Waals surface area contributed by atoms with Gasteiger partial charge < -0.3 is 14.8 Å². The van der Waals surface area contributed by atoms with Crippen molar-refractivity contribution in [2.45, 2.75) is 11.6 Å². The third-order valence-corrected chi connectivity index (χ3v) is 4.15. The maximum atomic E-state index is 12.0. The topological polar surface area (TPSA) is 125 Å². The molecular formula is C16H13N5O3S. The van der Waals surface area contributed by atoms with Crippen molar-refractivity contribution in [3.8, 4) is 17.5 Å². The molecule has 3 rings (SSSR count). The van der Waals surface area contributed by atoms with Crippen LogP contribution in [0.25, 0.3) is 11.5 Å². The molecule has 3 aromatic heterocycles. The van der Waals surface area contributed by atoms with Crippen molar-refractivity contribution < 1.29 is 13.7 Å². The number of hydrogen-bond acceptors (Lipinski definition) is 8. The van der Waals surface area contributed by atoms with Crippen LogP contribution in [0.2, 0.25) is 0 Å². The molecule has 0 fully saturated rings. The first-order valence-corrected chi connectivity index (χ1v) is 8.71. The van der Waals surface area contributed by atoms with Crippen LogP contribution in [-0.2, 0) is 17.4 Å². The zero-order chi connectivity index (χ0) is 17.8. The molecule has 0 aromatic carbocycles. The summed E-state index contributed by atoms with van der Waals surface area (Å²) in [4.78, 5) is 12.6. The molecule has 3 aromatic rings. The second-order valence-corrected chi connectivity index (χ2v) is 6.21. The first kappa shape index (κ1) is 16.8. The molecule has 0 radical (unpaired) electrons. The van der Waals surface area contributed by atoms with Crippen molar-refractivity contribution in [1.29, 1.82) is 5.26 Å². The third kappa shape index (κ3) is 3.40. The number of nitrogens with zero attached hydrogens (tertiary/aromatic N) is 4. The Morgan fingerprint density at radius 1 is 1.36 bits per heavy atom. The van der Waals surface area contributed by atoms with Gasteiger partial charge in [-0.15, -0.1) is 0 Å². The quantitative estimate of drug-likeness (QED) is 0.666. The molecule has 2 N–H and O–H groups in total. The van der Waals surface area contributed by atoms with Gasteiger partial charge in [0.15, 0.2) is 10.8 Å². The molecule has 1 atom stereocenters. The molecule has 0 aliphatic carbocycles. The van der Waals surface area contributed by atoms with Gasteiger partial charge in [0.05, 0.1) is 23.7 Å². The minimum absolute atomic E-state index is 0.0877. The summed E-state index contributed by atoms with van der Waals surface area (Å²) < 4.78 is 17.4. The van der Waals surface area contributed by atoms with Crippen molar-refractivity contribution >= 4 is 22.6 Å². The number of pyridine rings is 1. The Hall–Kier alpha value is -3.09. The predicted molar refractivity (Wildman–Crippen MR) is 90.2 cm³/mol. The number of furan rings is 1. The summed E-state index contributed by atoms with van der Waals surface area (Å²) in [5.74, 6) is 0.828. The van der Waals surface area contributed by atoms with E-state index in [0.29, 0.717) is 17.1 Å².